The van der Waals surface area contributed by atoms with Crippen molar-refractivity contribution >= 4 is 35.8 Å². The van der Waals surface area contributed by atoms with E-state index in [1.807, 2.05) is 4.90 Å². The third-order valence-electron chi connectivity index (χ3n) is 4.83. The summed E-state index contributed by atoms with van der Waals surface area (Å²) >= 11 is 0. The maximum Gasteiger partial charge on any atom is 0.222 e. The summed E-state index contributed by atoms with van der Waals surface area (Å²) in [6.07, 6.45) is 5.40. The molecule has 5 nitrogen and oxygen atoms in total. The monoisotopic (exact) mass is 500 g/mol. The molecule has 28 heavy (non-hydrogen) atoms. The molecule has 0 spiro atoms. The summed E-state index contributed by atoms with van der Waals surface area (Å²) in [4.78, 5) is 18.4. The summed E-state index contributed by atoms with van der Waals surface area (Å²) in [5.41, 5.74) is 2.37. The number of hydrogen-bond acceptors (Lipinski definition) is 2. The summed E-state index contributed by atoms with van der Waals surface area (Å²) in [5, 5.41) is 6.74. The zero-order valence-corrected chi connectivity index (χ0v) is 20.0. The van der Waals surface area contributed by atoms with Gasteiger partial charge >= 0.3 is 0 Å². The van der Waals surface area contributed by atoms with Crippen molar-refractivity contribution in [2.45, 2.75) is 66.0 Å². The second-order valence-corrected chi connectivity index (χ2v) is 7.75. The molecule has 2 rings (SSSR count). The van der Waals surface area contributed by atoms with Crippen molar-refractivity contribution in [3.05, 3.63) is 35.4 Å². The molecule has 1 fully saturated rings. The van der Waals surface area contributed by atoms with Gasteiger partial charge in [0, 0.05) is 32.6 Å². The van der Waals surface area contributed by atoms with Gasteiger partial charge in [-0.3, -0.25) is 4.79 Å². The van der Waals surface area contributed by atoms with Gasteiger partial charge in [-0.2, -0.15) is 0 Å². The van der Waals surface area contributed by atoms with E-state index >= 15 is 0 Å². The average Bonchev–Trinajstić information content (AvgIpc) is 3.05. The maximum atomic E-state index is 11.7. The highest BCUT2D eigenvalue weighted by molar-refractivity contribution is 14.0. The SMILES string of the molecule is CCNC(=NCc1ccc(CN2CCCC2=O)cc1)NCCCCC(C)C.I. The number of unbranched alkanes of at least 4 members (excludes halogenated alkanes) is 1. The van der Waals surface area contributed by atoms with Gasteiger partial charge in [0.15, 0.2) is 5.96 Å². The first-order chi connectivity index (χ1) is 13.1. The Morgan fingerprint density at radius 2 is 1.86 bits per heavy atom. The predicted molar refractivity (Wildman–Crippen MR) is 128 cm³/mol. The van der Waals surface area contributed by atoms with Gasteiger partial charge in [-0.1, -0.05) is 51.0 Å². The highest BCUT2D eigenvalue weighted by Gasteiger charge is 2.19. The lowest BCUT2D eigenvalue weighted by atomic mass is 10.1. The molecule has 1 aromatic carbocycles. The van der Waals surface area contributed by atoms with Crippen LogP contribution in [0.2, 0.25) is 0 Å². The number of amides is 1. The average molecular weight is 500 g/mol. The Balaban J connectivity index is 0.00000392. The molecule has 1 saturated heterocycles. The number of aliphatic imine (C=N–C) groups is 1. The highest BCUT2D eigenvalue weighted by Crippen LogP contribution is 2.15. The molecular weight excluding hydrogens is 463 g/mol. The lowest BCUT2D eigenvalue weighted by molar-refractivity contribution is -0.128. The molecule has 1 aliphatic heterocycles. The van der Waals surface area contributed by atoms with Crippen molar-refractivity contribution in [3.8, 4) is 0 Å². The van der Waals surface area contributed by atoms with Crippen molar-refractivity contribution < 1.29 is 4.79 Å². The Hall–Kier alpha value is -1.31. The summed E-state index contributed by atoms with van der Waals surface area (Å²) < 4.78 is 0. The van der Waals surface area contributed by atoms with Crippen LogP contribution in [0, 0.1) is 5.92 Å². The van der Waals surface area contributed by atoms with Crippen LogP contribution in [0.4, 0.5) is 0 Å². The van der Waals surface area contributed by atoms with E-state index < -0.39 is 0 Å². The molecule has 1 amide bonds. The minimum atomic E-state index is 0. The fraction of sp³-hybridized carbons (Fsp3) is 0.636. The molecule has 6 heteroatoms. The van der Waals surface area contributed by atoms with Crippen LogP contribution in [-0.2, 0) is 17.9 Å². The number of benzene rings is 1. The van der Waals surface area contributed by atoms with Crippen LogP contribution in [-0.4, -0.2) is 36.4 Å². The Morgan fingerprint density at radius 1 is 1.14 bits per heavy atom. The number of carbonyl (C=O) groups is 1. The second kappa shape index (κ2) is 13.8. The number of hydrogen-bond donors (Lipinski definition) is 2. The lowest BCUT2D eigenvalue weighted by Crippen LogP contribution is -2.37. The van der Waals surface area contributed by atoms with Gasteiger partial charge in [0.05, 0.1) is 6.54 Å². The van der Waals surface area contributed by atoms with E-state index in [1.54, 1.807) is 0 Å². The quantitative estimate of drug-likeness (QED) is 0.218. The number of carbonyl (C=O) groups excluding carboxylic acids is 1. The molecule has 0 aliphatic carbocycles. The van der Waals surface area contributed by atoms with E-state index in [9.17, 15) is 4.79 Å². The standard InChI is InChI=1S/C22H36N4O.HI/c1-4-23-22(24-14-6-5-8-18(2)3)25-16-19-10-12-20(13-11-19)17-26-15-7-9-21(26)27;/h10-13,18H,4-9,14-17H2,1-3H3,(H2,23,24,25);1H. The van der Waals surface area contributed by atoms with Crippen LogP contribution in [0.15, 0.2) is 29.3 Å². The van der Waals surface area contributed by atoms with Crippen LogP contribution in [0.5, 0.6) is 0 Å². The maximum absolute atomic E-state index is 11.7. The van der Waals surface area contributed by atoms with Gasteiger partial charge in [0.2, 0.25) is 5.91 Å². The largest absolute Gasteiger partial charge is 0.357 e. The number of likely N-dealkylation sites (tertiary alicyclic amines) is 1. The molecule has 1 heterocycles. The second-order valence-electron chi connectivity index (χ2n) is 7.75. The molecule has 1 aromatic rings. The molecule has 2 N–H and O–H groups in total. The Kier molecular flexibility index (Phi) is 12.2. The van der Waals surface area contributed by atoms with Crippen LogP contribution >= 0.6 is 24.0 Å². The summed E-state index contributed by atoms with van der Waals surface area (Å²) in [7, 11) is 0. The molecule has 0 bridgehead atoms. The fourth-order valence-corrected chi connectivity index (χ4v) is 3.24. The van der Waals surface area contributed by atoms with E-state index in [0.29, 0.717) is 13.0 Å². The van der Waals surface area contributed by atoms with Gasteiger partial charge in [-0.25, -0.2) is 4.99 Å². The molecule has 0 saturated carbocycles. The van der Waals surface area contributed by atoms with Gasteiger partial charge in [0.25, 0.3) is 0 Å². The summed E-state index contributed by atoms with van der Waals surface area (Å²) in [6, 6.07) is 8.46. The number of nitrogens with one attached hydrogen (secondary N) is 2. The van der Waals surface area contributed by atoms with E-state index in [0.717, 1.165) is 44.5 Å². The van der Waals surface area contributed by atoms with Crippen LogP contribution in [0.3, 0.4) is 0 Å². The third-order valence-corrected chi connectivity index (χ3v) is 4.83. The van der Waals surface area contributed by atoms with E-state index in [2.05, 4.69) is 55.7 Å². The van der Waals surface area contributed by atoms with Crippen LogP contribution in [0.1, 0.15) is 64.0 Å². The first-order valence-electron chi connectivity index (χ1n) is 10.5. The van der Waals surface area contributed by atoms with Crippen LogP contribution in [0.25, 0.3) is 0 Å². The predicted octanol–water partition coefficient (Wildman–Crippen LogP) is 4.31. The van der Waals surface area contributed by atoms with Crippen LogP contribution < -0.4 is 10.6 Å². The van der Waals surface area contributed by atoms with E-state index in [-0.39, 0.29) is 29.9 Å². The number of nitrogens with zero attached hydrogens (tertiary/aromatic N) is 2. The summed E-state index contributed by atoms with van der Waals surface area (Å²) in [6.45, 7) is 10.7. The van der Waals surface area contributed by atoms with Crippen molar-refractivity contribution in [2.24, 2.45) is 10.9 Å². The Morgan fingerprint density at radius 3 is 2.46 bits per heavy atom. The van der Waals surface area contributed by atoms with Gasteiger partial charge in [-0.05, 0) is 36.8 Å². The molecule has 0 unspecified atom stereocenters. The molecule has 0 radical (unpaired) electrons. The minimum absolute atomic E-state index is 0. The zero-order valence-electron chi connectivity index (χ0n) is 17.7. The fourth-order valence-electron chi connectivity index (χ4n) is 3.24. The minimum Gasteiger partial charge on any atom is -0.357 e. The number of guanidine groups is 1. The van der Waals surface area contributed by atoms with Gasteiger partial charge in [0.1, 0.15) is 0 Å². The smallest absolute Gasteiger partial charge is 0.222 e. The first kappa shape index (κ1) is 24.7. The van der Waals surface area contributed by atoms with Gasteiger partial charge < -0.3 is 15.5 Å². The van der Waals surface area contributed by atoms with E-state index in [4.69, 9.17) is 4.99 Å². The number of rotatable bonds is 10. The molecular formula is C22H37IN4O. The highest BCUT2D eigenvalue weighted by atomic mass is 127. The molecule has 0 atom stereocenters. The van der Waals surface area contributed by atoms with Crippen molar-refractivity contribution in [1.29, 1.82) is 0 Å². The normalized spacial score (nSPS) is 14.4. The van der Waals surface area contributed by atoms with Crippen molar-refractivity contribution in [1.82, 2.24) is 15.5 Å². The number of halogens is 1. The Labute approximate surface area is 187 Å². The molecule has 158 valence electrons. The summed E-state index contributed by atoms with van der Waals surface area (Å²) in [5.74, 6) is 1.94. The lowest BCUT2D eigenvalue weighted by Gasteiger charge is -2.15. The Bertz CT molecular complexity index is 601. The first-order valence-corrected chi connectivity index (χ1v) is 10.5. The molecule has 1 aliphatic rings. The zero-order chi connectivity index (χ0) is 19.5. The third kappa shape index (κ3) is 9.26. The van der Waals surface area contributed by atoms with Crippen molar-refractivity contribution in [2.75, 3.05) is 19.6 Å². The topological polar surface area (TPSA) is 56.7 Å². The van der Waals surface area contributed by atoms with E-state index in [1.165, 1.54) is 30.4 Å². The van der Waals surface area contributed by atoms with Gasteiger partial charge in [-0.15, -0.1) is 24.0 Å². The molecule has 0 aromatic heterocycles. The van der Waals surface area contributed by atoms with Crippen molar-refractivity contribution in [3.63, 3.8) is 0 Å².